The molecule has 1 aliphatic heterocycles. The fraction of sp³-hybridized carbons (Fsp3) is 0.381. The molecule has 1 heterocycles. The van der Waals surface area contributed by atoms with E-state index in [1.165, 1.54) is 17.3 Å². The van der Waals surface area contributed by atoms with Gasteiger partial charge in [-0.3, -0.25) is 4.79 Å². The van der Waals surface area contributed by atoms with E-state index in [0.29, 0.717) is 5.75 Å². The van der Waals surface area contributed by atoms with Crippen LogP contribution in [0.15, 0.2) is 53.4 Å². The Hall–Kier alpha value is -1.83. The zero-order valence-corrected chi connectivity index (χ0v) is 17.9. The van der Waals surface area contributed by atoms with E-state index >= 15 is 0 Å². The number of carboxylic acid groups (broad SMARTS) is 1. The van der Waals surface area contributed by atoms with Crippen molar-refractivity contribution in [3.8, 4) is 11.1 Å². The molecule has 1 saturated heterocycles. The predicted molar refractivity (Wildman–Crippen MR) is 113 cm³/mol. The summed E-state index contributed by atoms with van der Waals surface area (Å²) in [5.74, 6) is -0.550. The molecule has 28 heavy (non-hydrogen) atoms. The first kappa shape index (κ1) is 20.9. The van der Waals surface area contributed by atoms with Crippen LogP contribution in [0.4, 0.5) is 0 Å². The van der Waals surface area contributed by atoms with E-state index in [4.69, 9.17) is 0 Å². The fourth-order valence-electron chi connectivity index (χ4n) is 3.52. The van der Waals surface area contributed by atoms with Gasteiger partial charge in [-0.25, -0.2) is 8.42 Å². The number of carbonyl (C=O) groups is 1. The quantitative estimate of drug-likeness (QED) is 0.796. The number of aliphatic carboxylic acids is 1. The van der Waals surface area contributed by atoms with Gasteiger partial charge in [0.25, 0.3) is 0 Å². The third-order valence-electron chi connectivity index (χ3n) is 5.12. The Morgan fingerprint density at radius 2 is 1.64 bits per heavy atom. The highest BCUT2D eigenvalue weighted by Gasteiger charge is 2.48. The highest BCUT2D eigenvalue weighted by molar-refractivity contribution is 8.00. The van der Waals surface area contributed by atoms with Gasteiger partial charge in [-0.1, -0.05) is 43.3 Å². The first-order chi connectivity index (χ1) is 13.2. The number of hydrogen-bond acceptors (Lipinski definition) is 4. The van der Waals surface area contributed by atoms with Crippen molar-refractivity contribution in [2.75, 3.05) is 12.3 Å². The van der Waals surface area contributed by atoms with Crippen LogP contribution in [0.1, 0.15) is 26.3 Å². The normalized spacial score (nSPS) is 20.0. The number of carboxylic acids is 1. The lowest BCUT2D eigenvalue weighted by Crippen LogP contribution is -2.58. The standard InChI is InChI=1S/C21H25NO4S2/c1-4-15-5-7-16(8-6-15)17-9-11-18(12-10-17)28(25,26)22-13-14-27-21(2,3)19(22)20(23)24/h5-12,19H,4,13-14H2,1-3H3,(H,23,24). The minimum absolute atomic E-state index is 0.121. The molecule has 0 aromatic heterocycles. The van der Waals surface area contributed by atoms with Crippen LogP contribution in [0, 0.1) is 0 Å². The molecule has 2 aromatic carbocycles. The Morgan fingerprint density at radius 1 is 1.11 bits per heavy atom. The van der Waals surface area contributed by atoms with Gasteiger partial charge in [0.15, 0.2) is 0 Å². The van der Waals surface area contributed by atoms with Crippen molar-refractivity contribution in [1.82, 2.24) is 4.31 Å². The van der Waals surface area contributed by atoms with Gasteiger partial charge >= 0.3 is 5.97 Å². The molecule has 1 unspecified atom stereocenters. The molecule has 2 aromatic rings. The minimum atomic E-state index is -3.90. The van der Waals surface area contributed by atoms with Gasteiger partial charge in [0.2, 0.25) is 10.0 Å². The van der Waals surface area contributed by atoms with Gasteiger partial charge in [0.05, 0.1) is 4.90 Å². The summed E-state index contributed by atoms with van der Waals surface area (Å²) in [4.78, 5) is 12.0. The van der Waals surface area contributed by atoms with Crippen LogP contribution in [-0.2, 0) is 21.2 Å². The van der Waals surface area contributed by atoms with Crippen LogP contribution >= 0.6 is 11.8 Å². The van der Waals surface area contributed by atoms with Crippen LogP contribution < -0.4 is 0 Å². The molecule has 0 spiro atoms. The summed E-state index contributed by atoms with van der Waals surface area (Å²) < 4.78 is 26.8. The molecule has 7 heteroatoms. The maximum Gasteiger partial charge on any atom is 0.323 e. The Bertz CT molecular complexity index is 951. The number of rotatable bonds is 5. The molecule has 1 fully saturated rings. The summed E-state index contributed by atoms with van der Waals surface area (Å²) in [6, 6.07) is 13.7. The van der Waals surface area contributed by atoms with E-state index in [-0.39, 0.29) is 11.4 Å². The van der Waals surface area contributed by atoms with Crippen LogP contribution in [0.3, 0.4) is 0 Å². The first-order valence-corrected chi connectivity index (χ1v) is 11.7. The Labute approximate surface area is 170 Å². The third-order valence-corrected chi connectivity index (χ3v) is 8.36. The van der Waals surface area contributed by atoms with Crippen LogP contribution in [0.5, 0.6) is 0 Å². The van der Waals surface area contributed by atoms with Crippen molar-refractivity contribution in [2.45, 2.75) is 42.9 Å². The number of sulfonamides is 1. The van der Waals surface area contributed by atoms with Crippen LogP contribution in [0.25, 0.3) is 11.1 Å². The minimum Gasteiger partial charge on any atom is -0.480 e. The number of aryl methyl sites for hydroxylation is 1. The molecule has 0 amide bonds. The summed E-state index contributed by atoms with van der Waals surface area (Å²) in [5.41, 5.74) is 3.18. The molecule has 1 atom stereocenters. The van der Waals surface area contributed by atoms with E-state index in [1.54, 1.807) is 38.1 Å². The molecule has 0 aliphatic carbocycles. The molecule has 1 aliphatic rings. The number of hydrogen-bond donors (Lipinski definition) is 1. The maximum atomic E-state index is 13.2. The third kappa shape index (κ3) is 3.97. The fourth-order valence-corrected chi connectivity index (χ4v) is 6.62. The van der Waals surface area contributed by atoms with E-state index in [2.05, 4.69) is 19.1 Å². The van der Waals surface area contributed by atoms with Crippen molar-refractivity contribution in [2.24, 2.45) is 0 Å². The average molecular weight is 420 g/mol. The van der Waals surface area contributed by atoms with Gasteiger partial charge in [-0.2, -0.15) is 16.1 Å². The van der Waals surface area contributed by atoms with Crippen molar-refractivity contribution in [3.63, 3.8) is 0 Å². The van der Waals surface area contributed by atoms with E-state index < -0.39 is 26.8 Å². The number of benzene rings is 2. The predicted octanol–water partition coefficient (Wildman–Crippen LogP) is 3.89. The van der Waals surface area contributed by atoms with Gasteiger partial charge in [-0.15, -0.1) is 0 Å². The topological polar surface area (TPSA) is 74.7 Å². The SMILES string of the molecule is CCc1ccc(-c2ccc(S(=O)(=O)N3CCSC(C)(C)C3C(=O)O)cc2)cc1. The van der Waals surface area contributed by atoms with Crippen molar-refractivity contribution in [1.29, 1.82) is 0 Å². The van der Waals surface area contributed by atoms with Gasteiger partial charge in [0, 0.05) is 17.0 Å². The number of nitrogens with zero attached hydrogens (tertiary/aromatic N) is 1. The lowest BCUT2D eigenvalue weighted by molar-refractivity contribution is -0.142. The summed E-state index contributed by atoms with van der Waals surface area (Å²) >= 11 is 1.49. The van der Waals surface area contributed by atoms with Crippen molar-refractivity contribution >= 4 is 27.8 Å². The summed E-state index contributed by atoms with van der Waals surface area (Å²) in [7, 11) is -3.90. The summed E-state index contributed by atoms with van der Waals surface area (Å²) in [5, 5.41) is 9.67. The van der Waals surface area contributed by atoms with E-state index in [1.807, 2.05) is 12.1 Å². The molecule has 0 bridgehead atoms. The lowest BCUT2D eigenvalue weighted by Gasteiger charge is -2.42. The zero-order valence-electron chi connectivity index (χ0n) is 16.3. The first-order valence-electron chi connectivity index (χ1n) is 9.25. The molecule has 3 rings (SSSR count). The number of thioether (sulfide) groups is 1. The Morgan fingerprint density at radius 3 is 2.14 bits per heavy atom. The zero-order chi connectivity index (χ0) is 20.5. The smallest absolute Gasteiger partial charge is 0.323 e. The molecule has 1 N–H and O–H groups in total. The lowest BCUT2D eigenvalue weighted by atomic mass is 10.0. The monoisotopic (exact) mass is 419 g/mol. The average Bonchev–Trinajstić information content (AvgIpc) is 2.67. The molecular formula is C21H25NO4S2. The highest BCUT2D eigenvalue weighted by atomic mass is 32.2. The largest absolute Gasteiger partial charge is 0.480 e. The van der Waals surface area contributed by atoms with Crippen molar-refractivity contribution < 1.29 is 18.3 Å². The van der Waals surface area contributed by atoms with Gasteiger partial charge in [0.1, 0.15) is 6.04 Å². The highest BCUT2D eigenvalue weighted by Crippen LogP contribution is 2.38. The van der Waals surface area contributed by atoms with Gasteiger partial charge < -0.3 is 5.11 Å². The Kier molecular flexibility index (Phi) is 5.89. The molecule has 150 valence electrons. The molecule has 0 saturated carbocycles. The van der Waals surface area contributed by atoms with Crippen LogP contribution in [0.2, 0.25) is 0 Å². The second-order valence-electron chi connectivity index (χ2n) is 7.38. The van der Waals surface area contributed by atoms with Gasteiger partial charge in [-0.05, 0) is 49.1 Å². The van der Waals surface area contributed by atoms with Crippen molar-refractivity contribution in [3.05, 3.63) is 54.1 Å². The molecular weight excluding hydrogens is 394 g/mol. The summed E-state index contributed by atoms with van der Waals surface area (Å²) in [6.45, 7) is 5.84. The van der Waals surface area contributed by atoms with E-state index in [0.717, 1.165) is 21.9 Å². The molecule has 0 radical (unpaired) electrons. The van der Waals surface area contributed by atoms with E-state index in [9.17, 15) is 18.3 Å². The second kappa shape index (κ2) is 7.89. The maximum absolute atomic E-state index is 13.2. The summed E-state index contributed by atoms with van der Waals surface area (Å²) in [6.07, 6.45) is 0.965. The Balaban J connectivity index is 1.92. The van der Waals surface area contributed by atoms with Crippen LogP contribution in [-0.4, -0.2) is 46.9 Å². The molecule has 5 nitrogen and oxygen atoms in total. The second-order valence-corrected chi connectivity index (χ2v) is 11.0.